The predicted molar refractivity (Wildman–Crippen MR) is 110 cm³/mol. The van der Waals surface area contributed by atoms with Gasteiger partial charge in [0.15, 0.2) is 0 Å². The smallest absolute Gasteiger partial charge is 0.408 e. The number of fused-ring (bicyclic) bond motifs is 1. The molecule has 2 unspecified atom stereocenters. The maximum Gasteiger partial charge on any atom is 0.408 e. The minimum atomic E-state index is -0.738. The molecule has 0 spiro atoms. The number of pyridine rings is 1. The molecule has 2 rings (SSSR count). The summed E-state index contributed by atoms with van der Waals surface area (Å²) in [6.45, 7) is 9.16. The van der Waals surface area contributed by atoms with Crippen LogP contribution in [0.2, 0.25) is 0 Å². The maximum atomic E-state index is 12.5. The zero-order valence-corrected chi connectivity index (χ0v) is 17.0. The molecule has 0 aliphatic heterocycles. The number of hydrogen-bond donors (Lipinski definition) is 2. The topological polar surface area (TPSA) is 92.7 Å². The van der Waals surface area contributed by atoms with Gasteiger partial charge in [0.05, 0.1) is 11.7 Å². The standard InChI is InChI=1S/C21H28N4O3/c1-6-14(2)18(24-20(27)28-21(3,4)5)19(26)25-23-13-15-9-10-17-16(12-15)8-7-11-22-17/h7-14,18H,6H2,1-5H3,(H,24,27)(H,25,26). The van der Waals surface area contributed by atoms with Crippen molar-refractivity contribution < 1.29 is 14.3 Å². The zero-order valence-electron chi connectivity index (χ0n) is 17.0. The Hall–Kier alpha value is -2.96. The molecule has 150 valence electrons. The van der Waals surface area contributed by atoms with Crippen molar-refractivity contribution in [3.63, 3.8) is 0 Å². The molecule has 7 heteroatoms. The summed E-state index contributed by atoms with van der Waals surface area (Å²) < 4.78 is 5.25. The molecule has 2 amide bonds. The predicted octanol–water partition coefficient (Wildman–Crippen LogP) is 3.62. The lowest BCUT2D eigenvalue weighted by Gasteiger charge is -2.25. The van der Waals surface area contributed by atoms with E-state index in [1.54, 1.807) is 33.2 Å². The van der Waals surface area contributed by atoms with E-state index in [4.69, 9.17) is 4.74 Å². The highest BCUT2D eigenvalue weighted by atomic mass is 16.6. The van der Waals surface area contributed by atoms with Gasteiger partial charge in [-0.3, -0.25) is 9.78 Å². The van der Waals surface area contributed by atoms with Gasteiger partial charge < -0.3 is 10.1 Å². The summed E-state index contributed by atoms with van der Waals surface area (Å²) in [6, 6.07) is 8.79. The van der Waals surface area contributed by atoms with Gasteiger partial charge in [-0.25, -0.2) is 10.2 Å². The first-order chi connectivity index (χ1) is 13.2. The number of nitrogens with zero attached hydrogens (tertiary/aromatic N) is 2. The number of hydrogen-bond acceptors (Lipinski definition) is 5. The van der Waals surface area contributed by atoms with E-state index >= 15 is 0 Å². The molecule has 2 N–H and O–H groups in total. The van der Waals surface area contributed by atoms with Gasteiger partial charge in [-0.1, -0.05) is 32.4 Å². The number of nitrogens with one attached hydrogen (secondary N) is 2. The molecule has 2 aromatic rings. The summed E-state index contributed by atoms with van der Waals surface area (Å²) in [5.74, 6) is -0.464. The van der Waals surface area contributed by atoms with Gasteiger partial charge in [0.2, 0.25) is 0 Å². The first kappa shape index (κ1) is 21.3. The zero-order chi connectivity index (χ0) is 20.7. The molecule has 0 radical (unpaired) electrons. The Labute approximate surface area is 165 Å². The lowest BCUT2D eigenvalue weighted by molar-refractivity contribution is -0.124. The number of amides is 2. The van der Waals surface area contributed by atoms with Crippen LogP contribution >= 0.6 is 0 Å². The highest BCUT2D eigenvalue weighted by molar-refractivity contribution is 5.90. The number of alkyl carbamates (subject to hydrolysis) is 1. The Bertz CT molecular complexity index is 858. The van der Waals surface area contributed by atoms with E-state index in [0.717, 1.165) is 22.9 Å². The fraction of sp³-hybridized carbons (Fsp3) is 0.429. The maximum absolute atomic E-state index is 12.5. The molecule has 0 bridgehead atoms. The first-order valence-corrected chi connectivity index (χ1v) is 9.37. The van der Waals surface area contributed by atoms with Gasteiger partial charge in [-0.2, -0.15) is 5.10 Å². The molecule has 0 aliphatic rings. The van der Waals surface area contributed by atoms with Crippen molar-refractivity contribution >= 4 is 29.1 Å². The molecule has 1 aromatic heterocycles. The van der Waals surface area contributed by atoms with E-state index in [-0.39, 0.29) is 11.8 Å². The normalized spacial score (nSPS) is 13.9. The van der Waals surface area contributed by atoms with Crippen LogP contribution in [0.3, 0.4) is 0 Å². The lowest BCUT2D eigenvalue weighted by Crippen LogP contribution is -2.50. The van der Waals surface area contributed by atoms with Crippen molar-refractivity contribution in [2.45, 2.75) is 52.7 Å². The number of hydrazone groups is 1. The van der Waals surface area contributed by atoms with Crippen molar-refractivity contribution in [1.29, 1.82) is 0 Å². The summed E-state index contributed by atoms with van der Waals surface area (Å²) in [5, 5.41) is 7.66. The number of rotatable bonds is 6. The molecule has 7 nitrogen and oxygen atoms in total. The van der Waals surface area contributed by atoms with E-state index in [1.807, 2.05) is 44.2 Å². The van der Waals surface area contributed by atoms with Crippen LogP contribution in [0.15, 0.2) is 41.6 Å². The second kappa shape index (κ2) is 9.30. The Morgan fingerprint density at radius 3 is 2.71 bits per heavy atom. The Kier molecular flexibility index (Phi) is 7.09. The van der Waals surface area contributed by atoms with Gasteiger partial charge in [0.25, 0.3) is 5.91 Å². The lowest BCUT2D eigenvalue weighted by atomic mass is 9.99. The minimum Gasteiger partial charge on any atom is -0.444 e. The second-order valence-corrected chi connectivity index (χ2v) is 7.70. The van der Waals surface area contributed by atoms with Gasteiger partial charge in [-0.15, -0.1) is 0 Å². The van der Waals surface area contributed by atoms with Crippen LogP contribution in [0.25, 0.3) is 10.9 Å². The van der Waals surface area contributed by atoms with Crippen molar-refractivity contribution in [2.75, 3.05) is 0 Å². The van der Waals surface area contributed by atoms with E-state index in [0.29, 0.717) is 0 Å². The Morgan fingerprint density at radius 1 is 1.29 bits per heavy atom. The fourth-order valence-corrected chi connectivity index (χ4v) is 2.55. The molecular formula is C21H28N4O3. The molecule has 2 atom stereocenters. The van der Waals surface area contributed by atoms with Crippen molar-refractivity contribution in [2.24, 2.45) is 11.0 Å². The minimum absolute atomic E-state index is 0.0746. The molecule has 0 aliphatic carbocycles. The van der Waals surface area contributed by atoms with Crippen LogP contribution in [0.4, 0.5) is 4.79 Å². The molecule has 28 heavy (non-hydrogen) atoms. The van der Waals surface area contributed by atoms with E-state index in [2.05, 4.69) is 20.8 Å². The van der Waals surface area contributed by atoms with Crippen LogP contribution in [-0.4, -0.2) is 34.8 Å². The third-order valence-electron chi connectivity index (χ3n) is 4.18. The molecule has 0 fully saturated rings. The highest BCUT2D eigenvalue weighted by Crippen LogP contribution is 2.13. The largest absolute Gasteiger partial charge is 0.444 e. The number of aromatic nitrogens is 1. The number of ether oxygens (including phenoxy) is 1. The van der Waals surface area contributed by atoms with Crippen LogP contribution in [-0.2, 0) is 9.53 Å². The summed E-state index contributed by atoms with van der Waals surface area (Å²) in [4.78, 5) is 28.9. The third-order valence-corrected chi connectivity index (χ3v) is 4.18. The average Bonchev–Trinajstić information content (AvgIpc) is 2.64. The number of carbonyl (C=O) groups is 2. The van der Waals surface area contributed by atoms with Crippen LogP contribution in [0.1, 0.15) is 46.6 Å². The number of carbonyl (C=O) groups excluding carboxylic acids is 2. The fourth-order valence-electron chi connectivity index (χ4n) is 2.55. The van der Waals surface area contributed by atoms with Gasteiger partial charge in [-0.05, 0) is 50.5 Å². The van der Waals surface area contributed by atoms with Gasteiger partial charge >= 0.3 is 6.09 Å². The summed E-state index contributed by atoms with van der Waals surface area (Å²) in [7, 11) is 0. The summed E-state index contributed by atoms with van der Waals surface area (Å²) >= 11 is 0. The van der Waals surface area contributed by atoms with Gasteiger partial charge in [0, 0.05) is 11.6 Å². The van der Waals surface area contributed by atoms with Gasteiger partial charge in [0.1, 0.15) is 11.6 Å². The van der Waals surface area contributed by atoms with Crippen molar-refractivity contribution in [1.82, 2.24) is 15.7 Å². The number of benzene rings is 1. The Morgan fingerprint density at radius 2 is 2.04 bits per heavy atom. The molecular weight excluding hydrogens is 356 g/mol. The summed E-state index contributed by atoms with van der Waals surface area (Å²) in [5.41, 5.74) is 3.60. The molecule has 0 saturated carbocycles. The molecule has 1 heterocycles. The average molecular weight is 384 g/mol. The quantitative estimate of drug-likeness (QED) is 0.588. The third kappa shape index (κ3) is 6.33. The van der Waals surface area contributed by atoms with Crippen molar-refractivity contribution in [3.8, 4) is 0 Å². The highest BCUT2D eigenvalue weighted by Gasteiger charge is 2.28. The monoisotopic (exact) mass is 384 g/mol. The second-order valence-electron chi connectivity index (χ2n) is 7.70. The van der Waals surface area contributed by atoms with E-state index < -0.39 is 17.7 Å². The van der Waals surface area contributed by atoms with E-state index in [1.165, 1.54) is 0 Å². The SMILES string of the molecule is CCC(C)C(NC(=O)OC(C)(C)C)C(=O)NN=Cc1ccc2ncccc2c1. The van der Waals surface area contributed by atoms with Crippen LogP contribution in [0.5, 0.6) is 0 Å². The van der Waals surface area contributed by atoms with Crippen molar-refractivity contribution in [3.05, 3.63) is 42.1 Å². The first-order valence-electron chi connectivity index (χ1n) is 9.37. The molecule has 1 aromatic carbocycles. The summed E-state index contributed by atoms with van der Waals surface area (Å²) in [6.07, 6.45) is 3.39. The van der Waals surface area contributed by atoms with E-state index in [9.17, 15) is 9.59 Å². The van der Waals surface area contributed by atoms with Crippen LogP contribution < -0.4 is 10.7 Å². The van der Waals surface area contributed by atoms with Crippen LogP contribution in [0, 0.1) is 5.92 Å². The molecule has 0 saturated heterocycles. The Balaban J connectivity index is 2.03.